The predicted molar refractivity (Wildman–Crippen MR) is 13.2 cm³/mol. The van der Waals surface area contributed by atoms with Gasteiger partial charge in [0.2, 0.25) is 0 Å². The van der Waals surface area contributed by atoms with E-state index in [0.29, 0.717) is 5.07 Å². The summed E-state index contributed by atoms with van der Waals surface area (Å²) in [6.45, 7) is 0. The fourth-order valence-corrected chi connectivity index (χ4v) is 0. The molecule has 0 aromatic heterocycles. The third-order valence-corrected chi connectivity index (χ3v) is 0.224. The molecule has 0 aliphatic rings. The van der Waals surface area contributed by atoms with Crippen LogP contribution in [0.3, 0.4) is 0 Å². The van der Waals surface area contributed by atoms with E-state index in [2.05, 4.69) is 0 Å². The first-order chi connectivity index (χ1) is 1.91. The molecule has 0 fully saturated rings. The van der Waals surface area contributed by atoms with Crippen molar-refractivity contribution >= 4 is 20.8 Å². The topological polar surface area (TPSA) is 34.1 Å². The Labute approximate surface area is 30.1 Å². The van der Waals surface area contributed by atoms with Crippen LogP contribution in [0.5, 0.6) is 0 Å². The van der Waals surface area contributed by atoms with Crippen molar-refractivity contribution in [1.29, 1.82) is 0 Å². The molecule has 0 spiro atoms. The third-order valence-electron chi connectivity index (χ3n) is 0.0430. The van der Waals surface area contributed by atoms with Crippen molar-refractivity contribution in [1.82, 2.24) is 0 Å². The van der Waals surface area contributed by atoms with Crippen molar-refractivity contribution in [3.63, 3.8) is 0 Å². The zero-order chi connectivity index (χ0) is 3.41. The predicted octanol–water partition coefficient (Wildman–Crippen LogP) is -0.774. The second-order valence-electron chi connectivity index (χ2n) is 0.211. The van der Waals surface area contributed by atoms with Crippen molar-refractivity contribution in [3.05, 3.63) is 0 Å². The van der Waals surface area contributed by atoms with Crippen molar-refractivity contribution < 1.29 is 8.53 Å². The van der Waals surface area contributed by atoms with E-state index in [1.54, 1.807) is 0 Å². The molecule has 0 bridgehead atoms. The summed E-state index contributed by atoms with van der Waals surface area (Å²) in [6.07, 6.45) is 0. The van der Waals surface area contributed by atoms with Crippen LogP contribution in [-0.4, -0.2) is 20.8 Å². The van der Waals surface area contributed by atoms with Crippen molar-refractivity contribution in [2.45, 2.75) is 0 Å². The van der Waals surface area contributed by atoms with E-state index in [4.69, 9.17) is 8.53 Å². The zero-order valence-corrected chi connectivity index (χ0v) is 3.72. The van der Waals surface area contributed by atoms with Gasteiger partial charge in [0.15, 0.2) is 0 Å². The van der Waals surface area contributed by atoms with Crippen molar-refractivity contribution in [2.24, 2.45) is 0 Å². The van der Waals surface area contributed by atoms with Gasteiger partial charge < -0.3 is 0 Å². The van der Waals surface area contributed by atoms with Crippen LogP contribution in [-0.2, 0) is 8.53 Å². The SMILES string of the molecule is O=C[As]=O. The summed E-state index contributed by atoms with van der Waals surface area (Å²) in [4.78, 5) is 8.90. The minimum atomic E-state index is -1.22. The van der Waals surface area contributed by atoms with Gasteiger partial charge in [-0.2, -0.15) is 0 Å². The third kappa shape index (κ3) is 2.03. The summed E-state index contributed by atoms with van der Waals surface area (Å²) in [5.41, 5.74) is 0. The molecular weight excluding hydrogens is 119 g/mol. The molecule has 0 atom stereocenters. The van der Waals surface area contributed by atoms with Gasteiger partial charge in [-0.3, -0.25) is 0 Å². The summed E-state index contributed by atoms with van der Waals surface area (Å²) in [7, 11) is 0. The average Bonchev–Trinajstić information content (AvgIpc) is 1.37. The fraction of sp³-hybridized carbons (Fsp3) is 0. The first-order valence-electron chi connectivity index (χ1n) is 0.676. The standard InChI is InChI=1S/CHAsO2/c3-1-2-4/h1H. The molecule has 0 saturated carbocycles. The molecule has 0 aromatic rings. The van der Waals surface area contributed by atoms with E-state index in [-0.39, 0.29) is 0 Å². The van der Waals surface area contributed by atoms with Gasteiger partial charge >= 0.3 is 29.3 Å². The molecule has 0 aliphatic carbocycles. The number of hydrogen-bond acceptors (Lipinski definition) is 2. The Hall–Kier alpha value is 0.0284. The second kappa shape index (κ2) is 3.03. The van der Waals surface area contributed by atoms with Crippen LogP contribution in [0.1, 0.15) is 0 Å². The minimum absolute atomic E-state index is 0.413. The molecule has 0 aliphatic heterocycles. The van der Waals surface area contributed by atoms with Gasteiger partial charge in [0.1, 0.15) is 0 Å². The zero-order valence-electron chi connectivity index (χ0n) is 1.84. The maximum absolute atomic E-state index is 9.02. The van der Waals surface area contributed by atoms with Crippen LogP contribution in [0.4, 0.5) is 0 Å². The number of carbonyl (C=O) groups excluding carboxylic acids is 1. The van der Waals surface area contributed by atoms with Gasteiger partial charge in [-0.1, -0.05) is 0 Å². The van der Waals surface area contributed by atoms with Crippen LogP contribution in [0, 0.1) is 0 Å². The Bertz CT molecular complexity index is 27.0. The monoisotopic (exact) mass is 120 g/mol. The molecule has 0 rings (SSSR count). The summed E-state index contributed by atoms with van der Waals surface area (Å²) < 4.78 is 9.02. The number of carbonyl (C=O) groups is 1. The molecule has 22 valence electrons. The van der Waals surface area contributed by atoms with Crippen LogP contribution in [0.2, 0.25) is 0 Å². The first-order valence-corrected chi connectivity index (χ1v) is 2.53. The molecule has 0 N–H and O–H groups in total. The molecule has 0 aromatic carbocycles. The Morgan fingerprint density at radius 3 is 2.00 bits per heavy atom. The van der Waals surface area contributed by atoms with E-state index in [1.807, 2.05) is 0 Å². The van der Waals surface area contributed by atoms with E-state index in [1.165, 1.54) is 0 Å². The molecule has 2 nitrogen and oxygen atoms in total. The summed E-state index contributed by atoms with van der Waals surface area (Å²) >= 11 is -1.22. The van der Waals surface area contributed by atoms with E-state index < -0.39 is 15.7 Å². The van der Waals surface area contributed by atoms with Gasteiger partial charge in [-0.15, -0.1) is 0 Å². The van der Waals surface area contributed by atoms with Gasteiger partial charge in [0.05, 0.1) is 0 Å². The van der Waals surface area contributed by atoms with Crippen molar-refractivity contribution in [3.8, 4) is 0 Å². The Morgan fingerprint density at radius 1 is 1.75 bits per heavy atom. The Morgan fingerprint density at radius 2 is 2.00 bits per heavy atom. The molecule has 3 heteroatoms. The molecular formula is CHAsO2. The van der Waals surface area contributed by atoms with E-state index in [0.717, 1.165) is 0 Å². The summed E-state index contributed by atoms with van der Waals surface area (Å²) in [6, 6.07) is 0. The molecule has 0 heterocycles. The molecule has 0 saturated heterocycles. The number of hydrogen-bond donors (Lipinski definition) is 0. The Kier molecular flexibility index (Phi) is 3.05. The van der Waals surface area contributed by atoms with E-state index >= 15 is 0 Å². The van der Waals surface area contributed by atoms with Crippen LogP contribution in [0.15, 0.2) is 0 Å². The van der Waals surface area contributed by atoms with Gasteiger partial charge in [-0.25, -0.2) is 0 Å². The molecule has 0 unspecified atom stereocenters. The summed E-state index contributed by atoms with van der Waals surface area (Å²) in [5.74, 6) is 0. The van der Waals surface area contributed by atoms with Crippen LogP contribution >= 0.6 is 0 Å². The van der Waals surface area contributed by atoms with E-state index in [9.17, 15) is 0 Å². The van der Waals surface area contributed by atoms with Crippen LogP contribution < -0.4 is 0 Å². The molecule has 0 radical (unpaired) electrons. The molecule has 0 amide bonds. The number of rotatable bonds is 1. The van der Waals surface area contributed by atoms with Gasteiger partial charge in [-0.05, 0) is 0 Å². The molecule has 4 heavy (non-hydrogen) atoms. The normalized spacial score (nSPS) is 7.00. The average molecular weight is 120 g/mol. The summed E-state index contributed by atoms with van der Waals surface area (Å²) in [5, 5.41) is 0.413. The van der Waals surface area contributed by atoms with Crippen LogP contribution in [0.25, 0.3) is 0 Å². The second-order valence-corrected chi connectivity index (χ2v) is 1.10. The van der Waals surface area contributed by atoms with Crippen molar-refractivity contribution in [2.75, 3.05) is 0 Å². The Balaban J connectivity index is 2.73. The quantitative estimate of drug-likeness (QED) is 0.336. The van der Waals surface area contributed by atoms with Gasteiger partial charge in [0, 0.05) is 0 Å². The first kappa shape index (κ1) is 4.03. The maximum atomic E-state index is 9.02. The van der Waals surface area contributed by atoms with Gasteiger partial charge in [0.25, 0.3) is 0 Å². The fourth-order valence-electron chi connectivity index (χ4n) is 0.